The van der Waals surface area contributed by atoms with Crippen molar-refractivity contribution < 1.29 is 0 Å². The summed E-state index contributed by atoms with van der Waals surface area (Å²) < 4.78 is 0. The van der Waals surface area contributed by atoms with E-state index in [2.05, 4.69) is 11.9 Å². The van der Waals surface area contributed by atoms with Crippen molar-refractivity contribution in [3.05, 3.63) is 29.6 Å². The SMILES string of the molecule is CCc1cccnc1C(C)=N. The highest BCUT2D eigenvalue weighted by molar-refractivity contribution is 5.95. The Labute approximate surface area is 66.8 Å². The van der Waals surface area contributed by atoms with Crippen LogP contribution in [-0.4, -0.2) is 10.7 Å². The van der Waals surface area contributed by atoms with Gasteiger partial charge in [0.05, 0.1) is 11.4 Å². The Morgan fingerprint density at radius 3 is 2.82 bits per heavy atom. The minimum atomic E-state index is 0.544. The summed E-state index contributed by atoms with van der Waals surface area (Å²) in [5, 5.41) is 7.42. The molecule has 0 radical (unpaired) electrons. The highest BCUT2D eigenvalue weighted by Gasteiger charge is 2.01. The Bertz CT molecular complexity index is 266. The van der Waals surface area contributed by atoms with Gasteiger partial charge in [0, 0.05) is 6.20 Å². The van der Waals surface area contributed by atoms with Gasteiger partial charge in [0.2, 0.25) is 0 Å². The zero-order chi connectivity index (χ0) is 8.27. The second kappa shape index (κ2) is 3.28. The second-order valence-corrected chi connectivity index (χ2v) is 2.49. The smallest absolute Gasteiger partial charge is 0.0866 e. The van der Waals surface area contributed by atoms with E-state index >= 15 is 0 Å². The number of pyridine rings is 1. The third-order valence-electron chi connectivity index (χ3n) is 1.63. The molecule has 2 heteroatoms. The number of aryl methyl sites for hydroxylation is 1. The molecule has 1 aromatic heterocycles. The molecule has 0 unspecified atom stereocenters. The Balaban J connectivity index is 3.12. The number of hydrogen-bond acceptors (Lipinski definition) is 2. The normalized spacial score (nSPS) is 9.64. The number of aromatic nitrogens is 1. The van der Waals surface area contributed by atoms with Crippen LogP contribution in [0.5, 0.6) is 0 Å². The summed E-state index contributed by atoms with van der Waals surface area (Å²) in [6.07, 6.45) is 2.67. The molecular formula is C9H12N2. The molecule has 0 aliphatic rings. The average Bonchev–Trinajstić information content (AvgIpc) is 2.04. The first kappa shape index (κ1) is 7.92. The van der Waals surface area contributed by atoms with Crippen LogP contribution < -0.4 is 0 Å². The molecule has 0 saturated heterocycles. The number of nitrogens with one attached hydrogen (secondary N) is 1. The van der Waals surface area contributed by atoms with Crippen molar-refractivity contribution in [1.29, 1.82) is 5.41 Å². The van der Waals surface area contributed by atoms with Crippen molar-refractivity contribution in [2.24, 2.45) is 0 Å². The van der Waals surface area contributed by atoms with Gasteiger partial charge in [0.15, 0.2) is 0 Å². The van der Waals surface area contributed by atoms with Crippen molar-refractivity contribution in [3.63, 3.8) is 0 Å². The minimum Gasteiger partial charge on any atom is -0.303 e. The maximum Gasteiger partial charge on any atom is 0.0866 e. The maximum absolute atomic E-state index is 7.42. The van der Waals surface area contributed by atoms with E-state index in [1.807, 2.05) is 12.1 Å². The summed E-state index contributed by atoms with van der Waals surface area (Å²) in [6, 6.07) is 3.92. The third-order valence-corrected chi connectivity index (χ3v) is 1.63. The molecule has 0 bridgehead atoms. The zero-order valence-electron chi connectivity index (χ0n) is 6.89. The van der Waals surface area contributed by atoms with Crippen LogP contribution in [0.2, 0.25) is 0 Å². The summed E-state index contributed by atoms with van der Waals surface area (Å²) in [5.74, 6) is 0. The highest BCUT2D eigenvalue weighted by Crippen LogP contribution is 2.05. The van der Waals surface area contributed by atoms with Crippen LogP contribution in [0.15, 0.2) is 18.3 Å². The van der Waals surface area contributed by atoms with Gasteiger partial charge >= 0.3 is 0 Å². The van der Waals surface area contributed by atoms with E-state index in [1.165, 1.54) is 0 Å². The Morgan fingerprint density at radius 1 is 1.64 bits per heavy atom. The summed E-state index contributed by atoms with van der Waals surface area (Å²) in [4.78, 5) is 4.12. The first-order valence-electron chi connectivity index (χ1n) is 3.75. The van der Waals surface area contributed by atoms with Crippen molar-refractivity contribution in [2.45, 2.75) is 20.3 Å². The monoisotopic (exact) mass is 148 g/mol. The van der Waals surface area contributed by atoms with Gasteiger partial charge < -0.3 is 5.41 Å². The number of nitrogens with zero attached hydrogens (tertiary/aromatic N) is 1. The molecule has 0 aliphatic carbocycles. The highest BCUT2D eigenvalue weighted by atomic mass is 14.7. The second-order valence-electron chi connectivity index (χ2n) is 2.49. The molecule has 0 amide bonds. The van der Waals surface area contributed by atoms with Crippen LogP contribution in [0.1, 0.15) is 25.1 Å². The van der Waals surface area contributed by atoms with Crippen molar-refractivity contribution >= 4 is 5.71 Å². The fourth-order valence-corrected chi connectivity index (χ4v) is 1.06. The molecule has 0 saturated carbocycles. The van der Waals surface area contributed by atoms with Crippen LogP contribution >= 0.6 is 0 Å². The molecule has 1 heterocycles. The summed E-state index contributed by atoms with van der Waals surface area (Å²) in [7, 11) is 0. The number of rotatable bonds is 2. The molecule has 0 fully saturated rings. The molecule has 2 nitrogen and oxygen atoms in total. The van der Waals surface area contributed by atoms with E-state index in [-0.39, 0.29) is 0 Å². The molecule has 11 heavy (non-hydrogen) atoms. The van der Waals surface area contributed by atoms with Gasteiger partial charge in [-0.15, -0.1) is 0 Å². The molecule has 0 aliphatic heterocycles. The third kappa shape index (κ3) is 1.64. The van der Waals surface area contributed by atoms with E-state index in [1.54, 1.807) is 13.1 Å². The Kier molecular flexibility index (Phi) is 2.36. The number of hydrogen-bond donors (Lipinski definition) is 1. The summed E-state index contributed by atoms with van der Waals surface area (Å²) >= 11 is 0. The van der Waals surface area contributed by atoms with E-state index in [9.17, 15) is 0 Å². The lowest BCUT2D eigenvalue weighted by Crippen LogP contribution is -2.01. The van der Waals surface area contributed by atoms with Gasteiger partial charge in [0.25, 0.3) is 0 Å². The molecule has 0 aromatic carbocycles. The van der Waals surface area contributed by atoms with Crippen LogP contribution in [0.25, 0.3) is 0 Å². The predicted molar refractivity (Wildman–Crippen MR) is 46.1 cm³/mol. The van der Waals surface area contributed by atoms with E-state index in [0.717, 1.165) is 17.7 Å². The minimum absolute atomic E-state index is 0.544. The van der Waals surface area contributed by atoms with Crippen molar-refractivity contribution in [1.82, 2.24) is 4.98 Å². The lowest BCUT2D eigenvalue weighted by atomic mass is 10.1. The van der Waals surface area contributed by atoms with Gasteiger partial charge in [-0.25, -0.2) is 0 Å². The van der Waals surface area contributed by atoms with Crippen LogP contribution in [0, 0.1) is 5.41 Å². The van der Waals surface area contributed by atoms with Crippen LogP contribution in [-0.2, 0) is 6.42 Å². The molecule has 0 atom stereocenters. The van der Waals surface area contributed by atoms with Crippen LogP contribution in [0.3, 0.4) is 0 Å². The lowest BCUT2D eigenvalue weighted by Gasteiger charge is -2.02. The largest absolute Gasteiger partial charge is 0.303 e. The quantitative estimate of drug-likeness (QED) is 0.640. The van der Waals surface area contributed by atoms with E-state index < -0.39 is 0 Å². The van der Waals surface area contributed by atoms with Crippen molar-refractivity contribution in [3.8, 4) is 0 Å². The predicted octanol–water partition coefficient (Wildman–Crippen LogP) is 2.03. The molecule has 58 valence electrons. The lowest BCUT2D eigenvalue weighted by molar-refractivity contribution is 1.08. The molecule has 1 aromatic rings. The maximum atomic E-state index is 7.42. The average molecular weight is 148 g/mol. The Morgan fingerprint density at radius 2 is 2.36 bits per heavy atom. The zero-order valence-corrected chi connectivity index (χ0v) is 6.89. The molecular weight excluding hydrogens is 136 g/mol. The topological polar surface area (TPSA) is 36.7 Å². The standard InChI is InChI=1S/C9H12N2/c1-3-8-5-4-6-11-9(8)7(2)10/h4-6,10H,3H2,1-2H3. The van der Waals surface area contributed by atoms with Gasteiger partial charge in [-0.05, 0) is 25.0 Å². The van der Waals surface area contributed by atoms with Gasteiger partial charge in [-0.3, -0.25) is 4.98 Å². The van der Waals surface area contributed by atoms with Crippen molar-refractivity contribution in [2.75, 3.05) is 0 Å². The first-order valence-corrected chi connectivity index (χ1v) is 3.75. The summed E-state index contributed by atoms with van der Waals surface area (Å²) in [5.41, 5.74) is 2.53. The van der Waals surface area contributed by atoms with Gasteiger partial charge in [-0.1, -0.05) is 13.0 Å². The van der Waals surface area contributed by atoms with E-state index in [0.29, 0.717) is 5.71 Å². The van der Waals surface area contributed by atoms with Crippen LogP contribution in [0.4, 0.5) is 0 Å². The molecule has 0 spiro atoms. The van der Waals surface area contributed by atoms with Gasteiger partial charge in [0.1, 0.15) is 0 Å². The fourth-order valence-electron chi connectivity index (χ4n) is 1.06. The fraction of sp³-hybridized carbons (Fsp3) is 0.333. The Hall–Kier alpha value is -1.18. The first-order chi connectivity index (χ1) is 5.25. The van der Waals surface area contributed by atoms with E-state index in [4.69, 9.17) is 5.41 Å². The van der Waals surface area contributed by atoms with Gasteiger partial charge in [-0.2, -0.15) is 0 Å². The molecule has 1 rings (SSSR count). The molecule has 1 N–H and O–H groups in total. The summed E-state index contributed by atoms with van der Waals surface area (Å²) in [6.45, 7) is 3.84.